The van der Waals surface area contributed by atoms with E-state index in [0.29, 0.717) is 31.7 Å². The van der Waals surface area contributed by atoms with Crippen molar-refractivity contribution in [2.75, 3.05) is 13.1 Å². The first-order valence-corrected chi connectivity index (χ1v) is 9.86. The molecule has 2 aliphatic rings. The van der Waals surface area contributed by atoms with Gasteiger partial charge < -0.3 is 25.0 Å². The predicted molar refractivity (Wildman–Crippen MR) is 103 cm³/mol. The van der Waals surface area contributed by atoms with Crippen molar-refractivity contribution in [1.82, 2.24) is 5.32 Å². The predicted octanol–water partition coefficient (Wildman–Crippen LogP) is 2.22. The van der Waals surface area contributed by atoms with E-state index in [2.05, 4.69) is 5.32 Å². The molecule has 0 saturated carbocycles. The summed E-state index contributed by atoms with van der Waals surface area (Å²) in [6.45, 7) is 0.639. The van der Waals surface area contributed by atoms with Gasteiger partial charge >= 0.3 is 0 Å². The number of fused-ring (bicyclic) bond motifs is 2. The second-order valence-electron chi connectivity index (χ2n) is 7.54. The molecule has 0 aromatic heterocycles. The molecule has 150 valence electrons. The lowest BCUT2D eigenvalue weighted by Crippen LogP contribution is -2.46. The Morgan fingerprint density at radius 3 is 2.21 bits per heavy atom. The highest BCUT2D eigenvalue weighted by atomic mass is 19.1. The largest absolute Gasteiger partial charge is 0.487 e. The lowest BCUT2D eigenvalue weighted by Gasteiger charge is -2.31. The average Bonchev–Trinajstić information content (AvgIpc) is 2.72. The first-order valence-electron chi connectivity index (χ1n) is 9.86. The third kappa shape index (κ3) is 4.29. The molecule has 0 fully saturated rings. The van der Waals surface area contributed by atoms with Crippen molar-refractivity contribution < 1.29 is 24.1 Å². The Labute approximate surface area is 164 Å². The van der Waals surface area contributed by atoms with Gasteiger partial charge in [-0.3, -0.25) is 0 Å². The summed E-state index contributed by atoms with van der Waals surface area (Å²) in [6.07, 6.45) is 0.984. The lowest BCUT2D eigenvalue weighted by molar-refractivity contribution is 0.00896. The quantitative estimate of drug-likeness (QED) is 0.709. The summed E-state index contributed by atoms with van der Waals surface area (Å²) in [5.74, 6) is 1.19. The Kier molecular flexibility index (Phi) is 5.80. The standard InChI is InChI=1S/C22H26FNO4/c23-16-7-10-20-15(11-16)6-9-22(28-20)18(26)13-24-12-17(25)21-8-5-14-3-1-2-4-19(14)27-21/h1-4,7,10-11,17-18,21-22,24-26H,5-6,8-9,12-13H2/t17-,18-,21+,22-/m0/s1. The van der Waals surface area contributed by atoms with Crippen molar-refractivity contribution in [1.29, 1.82) is 0 Å². The zero-order valence-electron chi connectivity index (χ0n) is 15.7. The van der Waals surface area contributed by atoms with Crippen LogP contribution in [-0.4, -0.2) is 47.7 Å². The van der Waals surface area contributed by atoms with Crippen LogP contribution in [0.2, 0.25) is 0 Å². The normalized spacial score (nSPS) is 23.0. The van der Waals surface area contributed by atoms with Gasteiger partial charge in [-0.25, -0.2) is 4.39 Å². The zero-order valence-corrected chi connectivity index (χ0v) is 15.7. The van der Waals surface area contributed by atoms with Gasteiger partial charge in [0.2, 0.25) is 0 Å². The second kappa shape index (κ2) is 8.47. The summed E-state index contributed by atoms with van der Waals surface area (Å²) in [7, 11) is 0. The Balaban J connectivity index is 1.23. The average molecular weight is 387 g/mol. The molecular weight excluding hydrogens is 361 g/mol. The van der Waals surface area contributed by atoms with Crippen LogP contribution in [0.3, 0.4) is 0 Å². The summed E-state index contributed by atoms with van der Waals surface area (Å²) >= 11 is 0. The number of aryl methyl sites for hydroxylation is 2. The minimum atomic E-state index is -0.710. The van der Waals surface area contributed by atoms with Gasteiger partial charge in [-0.2, -0.15) is 0 Å². The molecule has 4 rings (SSSR count). The molecule has 0 aliphatic carbocycles. The fourth-order valence-electron chi connectivity index (χ4n) is 3.91. The molecule has 2 aromatic carbocycles. The van der Waals surface area contributed by atoms with Crippen molar-refractivity contribution in [3.05, 3.63) is 59.4 Å². The first kappa shape index (κ1) is 19.2. The molecule has 0 saturated heterocycles. The molecular formula is C22H26FNO4. The van der Waals surface area contributed by atoms with Crippen molar-refractivity contribution in [2.45, 2.75) is 50.1 Å². The van der Waals surface area contributed by atoms with E-state index in [1.165, 1.54) is 17.7 Å². The summed E-state index contributed by atoms with van der Waals surface area (Å²) in [5, 5.41) is 24.0. The van der Waals surface area contributed by atoms with E-state index in [1.54, 1.807) is 6.07 Å². The van der Waals surface area contributed by atoms with Crippen LogP contribution in [0.1, 0.15) is 24.0 Å². The van der Waals surface area contributed by atoms with Crippen LogP contribution in [0.25, 0.3) is 0 Å². The highest BCUT2D eigenvalue weighted by Gasteiger charge is 2.28. The summed E-state index contributed by atoms with van der Waals surface area (Å²) < 4.78 is 25.0. The fourth-order valence-corrected chi connectivity index (χ4v) is 3.91. The first-order chi connectivity index (χ1) is 13.6. The van der Waals surface area contributed by atoms with Crippen LogP contribution in [0.5, 0.6) is 11.5 Å². The maximum Gasteiger partial charge on any atom is 0.126 e. The second-order valence-corrected chi connectivity index (χ2v) is 7.54. The summed E-state index contributed by atoms with van der Waals surface area (Å²) in [5.41, 5.74) is 2.01. The molecule has 2 aliphatic heterocycles. The Morgan fingerprint density at radius 1 is 0.893 bits per heavy atom. The molecule has 0 spiro atoms. The third-order valence-corrected chi connectivity index (χ3v) is 5.51. The monoisotopic (exact) mass is 387 g/mol. The molecule has 0 unspecified atom stereocenters. The fraction of sp³-hybridized carbons (Fsp3) is 0.455. The van der Waals surface area contributed by atoms with Gasteiger partial charge in [-0.1, -0.05) is 18.2 Å². The van der Waals surface area contributed by atoms with Gasteiger partial charge in [-0.15, -0.1) is 0 Å². The number of hydrogen-bond donors (Lipinski definition) is 3. The Morgan fingerprint density at radius 2 is 1.50 bits per heavy atom. The topological polar surface area (TPSA) is 71.0 Å². The smallest absolute Gasteiger partial charge is 0.126 e. The van der Waals surface area contributed by atoms with Crippen LogP contribution in [0.4, 0.5) is 4.39 Å². The minimum absolute atomic E-state index is 0.257. The molecule has 2 aromatic rings. The zero-order chi connectivity index (χ0) is 19.5. The highest BCUT2D eigenvalue weighted by Crippen LogP contribution is 2.30. The van der Waals surface area contributed by atoms with Gasteiger partial charge in [0.1, 0.15) is 41.7 Å². The lowest BCUT2D eigenvalue weighted by atomic mass is 9.98. The molecule has 3 N–H and O–H groups in total. The number of hydrogen-bond acceptors (Lipinski definition) is 5. The molecule has 4 atom stereocenters. The van der Waals surface area contributed by atoms with E-state index in [1.807, 2.05) is 24.3 Å². The van der Waals surface area contributed by atoms with Gasteiger partial charge in [0.25, 0.3) is 0 Å². The van der Waals surface area contributed by atoms with E-state index < -0.39 is 12.2 Å². The van der Waals surface area contributed by atoms with Crippen molar-refractivity contribution in [2.24, 2.45) is 0 Å². The molecule has 6 heteroatoms. The number of halogens is 1. The number of nitrogens with one attached hydrogen (secondary N) is 1. The Hall–Kier alpha value is -2.15. The number of benzene rings is 2. The third-order valence-electron chi connectivity index (χ3n) is 5.51. The van der Waals surface area contributed by atoms with Crippen LogP contribution in [0, 0.1) is 5.82 Å². The number of ether oxygens (including phenoxy) is 2. The molecule has 28 heavy (non-hydrogen) atoms. The van der Waals surface area contributed by atoms with Crippen LogP contribution < -0.4 is 14.8 Å². The van der Waals surface area contributed by atoms with Crippen molar-refractivity contribution in [3.8, 4) is 11.5 Å². The van der Waals surface area contributed by atoms with Gasteiger partial charge in [0.05, 0.1) is 0 Å². The molecule has 0 radical (unpaired) electrons. The van der Waals surface area contributed by atoms with E-state index in [4.69, 9.17) is 9.47 Å². The molecule has 2 heterocycles. The molecule has 0 amide bonds. The van der Waals surface area contributed by atoms with E-state index in [0.717, 1.165) is 24.2 Å². The van der Waals surface area contributed by atoms with Gasteiger partial charge in [0, 0.05) is 13.1 Å². The maximum absolute atomic E-state index is 13.3. The summed E-state index contributed by atoms with van der Waals surface area (Å²) in [4.78, 5) is 0. The number of para-hydroxylation sites is 1. The SMILES string of the molecule is O[C@@H](CNC[C@H](O)[C@H]1CCc2ccccc2O1)[C@@H]1CCc2cc(F)ccc2O1. The number of aliphatic hydroxyl groups excluding tert-OH is 2. The Bertz CT molecular complexity index is 815. The van der Waals surface area contributed by atoms with Crippen LogP contribution >= 0.6 is 0 Å². The van der Waals surface area contributed by atoms with E-state index in [9.17, 15) is 14.6 Å². The highest BCUT2D eigenvalue weighted by molar-refractivity contribution is 5.36. The van der Waals surface area contributed by atoms with Gasteiger partial charge in [-0.05, 0) is 61.1 Å². The maximum atomic E-state index is 13.3. The number of rotatable bonds is 6. The van der Waals surface area contributed by atoms with Gasteiger partial charge in [0.15, 0.2) is 0 Å². The van der Waals surface area contributed by atoms with Crippen LogP contribution in [0.15, 0.2) is 42.5 Å². The van der Waals surface area contributed by atoms with E-state index >= 15 is 0 Å². The van der Waals surface area contributed by atoms with Crippen molar-refractivity contribution >= 4 is 0 Å². The molecule has 5 nitrogen and oxygen atoms in total. The minimum Gasteiger partial charge on any atom is -0.487 e. The number of aliphatic hydroxyl groups is 2. The summed E-state index contributed by atoms with van der Waals surface area (Å²) in [6, 6.07) is 12.3. The molecule has 0 bridgehead atoms. The van der Waals surface area contributed by atoms with E-state index in [-0.39, 0.29) is 18.0 Å². The van der Waals surface area contributed by atoms with Crippen molar-refractivity contribution in [3.63, 3.8) is 0 Å². The van der Waals surface area contributed by atoms with Crippen LogP contribution in [-0.2, 0) is 12.8 Å².